The van der Waals surface area contributed by atoms with Crippen LogP contribution < -0.4 is 4.90 Å². The van der Waals surface area contributed by atoms with Gasteiger partial charge in [0, 0.05) is 17.1 Å². The molecule has 0 aliphatic carbocycles. The van der Waals surface area contributed by atoms with Gasteiger partial charge >= 0.3 is 0 Å². The molecule has 0 fully saturated rings. The van der Waals surface area contributed by atoms with E-state index in [4.69, 9.17) is 0 Å². The Balaban J connectivity index is 1.26. The van der Waals surface area contributed by atoms with Gasteiger partial charge in [0.15, 0.2) is 0 Å². The van der Waals surface area contributed by atoms with E-state index in [1.807, 2.05) is 0 Å². The van der Waals surface area contributed by atoms with Crippen LogP contribution in [0.25, 0.3) is 76.5 Å². The summed E-state index contributed by atoms with van der Waals surface area (Å²) in [7, 11) is 0. The lowest BCUT2D eigenvalue weighted by Gasteiger charge is -2.28. The van der Waals surface area contributed by atoms with E-state index in [0.29, 0.717) is 0 Å². The topological polar surface area (TPSA) is 3.24 Å². The lowest BCUT2D eigenvalue weighted by Crippen LogP contribution is -2.10. The number of rotatable bonds is 6. The fraction of sp³-hybridized carbons (Fsp3) is 0. The normalized spacial score (nSPS) is 11.4. The molecule has 0 aliphatic rings. The van der Waals surface area contributed by atoms with Gasteiger partial charge in [-0.1, -0.05) is 170 Å². The summed E-state index contributed by atoms with van der Waals surface area (Å²) in [4.78, 5) is 2.44. The van der Waals surface area contributed by atoms with Crippen LogP contribution in [0, 0.1) is 0 Å². The van der Waals surface area contributed by atoms with Crippen molar-refractivity contribution in [2.75, 3.05) is 4.90 Å². The Labute approximate surface area is 309 Å². The molecule has 1 heteroatoms. The molecule has 0 saturated heterocycles. The van der Waals surface area contributed by atoms with Gasteiger partial charge in [0.2, 0.25) is 0 Å². The molecule has 0 unspecified atom stereocenters. The highest BCUT2D eigenvalue weighted by atomic mass is 15.1. The summed E-state index contributed by atoms with van der Waals surface area (Å²) in [6, 6.07) is 77.4. The van der Waals surface area contributed by atoms with E-state index >= 15 is 0 Å². The van der Waals surface area contributed by atoms with Crippen molar-refractivity contribution in [3.8, 4) is 33.4 Å². The van der Waals surface area contributed by atoms with Crippen LogP contribution in [0.2, 0.25) is 0 Å². The first-order chi connectivity index (χ1) is 26.3. The molecule has 53 heavy (non-hydrogen) atoms. The predicted octanol–water partition coefficient (Wildman–Crippen LogP) is 14.8. The molecule has 0 N–H and O–H groups in total. The van der Waals surface area contributed by atoms with E-state index in [2.05, 4.69) is 217 Å². The maximum absolute atomic E-state index is 2.44. The van der Waals surface area contributed by atoms with E-state index in [9.17, 15) is 0 Å². The summed E-state index contributed by atoms with van der Waals surface area (Å²) in [5.74, 6) is 0. The van der Waals surface area contributed by atoms with Crippen LogP contribution in [0.1, 0.15) is 0 Å². The molecule has 0 atom stereocenters. The molecule has 0 saturated carbocycles. The Morgan fingerprint density at radius 1 is 0.226 bits per heavy atom. The van der Waals surface area contributed by atoms with E-state index < -0.39 is 0 Å². The second-order valence-electron chi connectivity index (χ2n) is 13.7. The van der Waals surface area contributed by atoms with Gasteiger partial charge in [-0.25, -0.2) is 0 Å². The van der Waals surface area contributed by atoms with Crippen molar-refractivity contribution >= 4 is 60.2 Å². The minimum Gasteiger partial charge on any atom is -0.310 e. The van der Waals surface area contributed by atoms with Gasteiger partial charge in [-0.2, -0.15) is 0 Å². The van der Waals surface area contributed by atoms with Crippen LogP contribution in [0.4, 0.5) is 17.1 Å². The summed E-state index contributed by atoms with van der Waals surface area (Å²) in [6.07, 6.45) is 0. The first-order valence-corrected chi connectivity index (χ1v) is 18.3. The summed E-state index contributed by atoms with van der Waals surface area (Å²) < 4.78 is 0. The largest absolute Gasteiger partial charge is 0.310 e. The third kappa shape index (κ3) is 5.51. The smallest absolute Gasteiger partial charge is 0.0473 e. The molecule has 1 nitrogen and oxygen atoms in total. The van der Waals surface area contributed by atoms with Crippen LogP contribution in [0.5, 0.6) is 0 Å². The zero-order valence-electron chi connectivity index (χ0n) is 29.2. The number of anilines is 3. The maximum Gasteiger partial charge on any atom is 0.0473 e. The molecular formula is C52H35N. The van der Waals surface area contributed by atoms with Gasteiger partial charge < -0.3 is 4.90 Å². The molecule has 10 aromatic carbocycles. The molecule has 0 aliphatic heterocycles. The number of hydrogen-bond donors (Lipinski definition) is 0. The van der Waals surface area contributed by atoms with Crippen molar-refractivity contribution < 1.29 is 0 Å². The van der Waals surface area contributed by atoms with Crippen molar-refractivity contribution in [3.05, 3.63) is 212 Å². The second-order valence-corrected chi connectivity index (χ2v) is 13.7. The number of hydrogen-bond acceptors (Lipinski definition) is 1. The zero-order chi connectivity index (χ0) is 35.1. The van der Waals surface area contributed by atoms with E-state index in [0.717, 1.165) is 17.1 Å². The molecule has 248 valence electrons. The lowest BCUT2D eigenvalue weighted by molar-refractivity contribution is 1.29. The van der Waals surface area contributed by atoms with Gasteiger partial charge in [0.05, 0.1) is 0 Å². The van der Waals surface area contributed by atoms with Gasteiger partial charge in [-0.05, 0) is 119 Å². The van der Waals surface area contributed by atoms with Crippen molar-refractivity contribution in [3.63, 3.8) is 0 Å². The average Bonchev–Trinajstić information content (AvgIpc) is 3.24. The van der Waals surface area contributed by atoms with Crippen molar-refractivity contribution in [2.45, 2.75) is 0 Å². The van der Waals surface area contributed by atoms with E-state index in [1.54, 1.807) is 0 Å². The minimum absolute atomic E-state index is 1.10. The molecule has 0 bridgehead atoms. The standard InChI is InChI=1S/C52H35N/c1-3-15-36(16-4-1)40-31-41(37-17-5-2-6-18-37)34-44(33-40)53(42-22-13-21-39(32-42)46-28-14-20-38-19-7-8-23-45(38)46)43-29-30-51-49-26-10-9-24-47(49)48-25-11-12-27-50(48)52(51)35-43/h1-35H. The Kier molecular flexibility index (Phi) is 7.55. The monoisotopic (exact) mass is 673 g/mol. The fourth-order valence-electron chi connectivity index (χ4n) is 8.11. The summed E-state index contributed by atoms with van der Waals surface area (Å²) in [5.41, 5.74) is 10.4. The highest BCUT2D eigenvalue weighted by molar-refractivity contribution is 6.25. The summed E-state index contributed by atoms with van der Waals surface area (Å²) >= 11 is 0. The zero-order valence-corrected chi connectivity index (χ0v) is 29.2. The highest BCUT2D eigenvalue weighted by Crippen LogP contribution is 2.44. The lowest BCUT2D eigenvalue weighted by atomic mass is 9.93. The van der Waals surface area contributed by atoms with Crippen LogP contribution in [0.15, 0.2) is 212 Å². The Bertz CT molecular complexity index is 2850. The Morgan fingerprint density at radius 2 is 0.679 bits per heavy atom. The van der Waals surface area contributed by atoms with Gasteiger partial charge in [-0.15, -0.1) is 0 Å². The van der Waals surface area contributed by atoms with Crippen LogP contribution in [-0.4, -0.2) is 0 Å². The van der Waals surface area contributed by atoms with E-state index in [-0.39, 0.29) is 0 Å². The Hall–Kier alpha value is -6.96. The van der Waals surface area contributed by atoms with Crippen molar-refractivity contribution in [2.24, 2.45) is 0 Å². The first-order valence-electron chi connectivity index (χ1n) is 18.3. The summed E-state index contributed by atoms with van der Waals surface area (Å²) in [6.45, 7) is 0. The van der Waals surface area contributed by atoms with Crippen molar-refractivity contribution in [1.82, 2.24) is 0 Å². The maximum atomic E-state index is 2.44. The molecular weight excluding hydrogens is 639 g/mol. The summed E-state index contributed by atoms with van der Waals surface area (Å²) in [5, 5.41) is 10.1. The molecule has 0 spiro atoms. The molecule has 10 aromatic rings. The third-order valence-corrected chi connectivity index (χ3v) is 10.6. The van der Waals surface area contributed by atoms with Gasteiger partial charge in [0.25, 0.3) is 0 Å². The number of nitrogens with zero attached hydrogens (tertiary/aromatic N) is 1. The van der Waals surface area contributed by atoms with Gasteiger partial charge in [0.1, 0.15) is 0 Å². The molecule has 0 radical (unpaired) electrons. The third-order valence-electron chi connectivity index (χ3n) is 10.6. The van der Waals surface area contributed by atoms with E-state index in [1.165, 1.54) is 76.5 Å². The minimum atomic E-state index is 1.10. The average molecular weight is 674 g/mol. The van der Waals surface area contributed by atoms with Crippen LogP contribution >= 0.6 is 0 Å². The molecule has 0 amide bonds. The van der Waals surface area contributed by atoms with Crippen LogP contribution in [0.3, 0.4) is 0 Å². The first kappa shape index (κ1) is 30.8. The number of fused-ring (bicyclic) bond motifs is 7. The highest BCUT2D eigenvalue weighted by Gasteiger charge is 2.19. The quantitative estimate of drug-likeness (QED) is 0.159. The number of benzene rings is 10. The molecule has 10 rings (SSSR count). The SMILES string of the molecule is c1ccc(-c2cc(-c3ccccc3)cc(N(c3cccc(-c4cccc5ccccc45)c3)c3ccc4c5ccccc5c5ccccc5c4c3)c2)cc1. The molecule has 0 heterocycles. The second kappa shape index (κ2) is 13.0. The van der Waals surface area contributed by atoms with Gasteiger partial charge in [-0.3, -0.25) is 0 Å². The van der Waals surface area contributed by atoms with Crippen LogP contribution in [-0.2, 0) is 0 Å². The fourth-order valence-corrected chi connectivity index (χ4v) is 8.11. The Morgan fingerprint density at radius 3 is 1.32 bits per heavy atom. The molecule has 0 aromatic heterocycles. The van der Waals surface area contributed by atoms with Crippen molar-refractivity contribution in [1.29, 1.82) is 0 Å². The predicted molar refractivity (Wildman–Crippen MR) is 227 cm³/mol.